The van der Waals surface area contributed by atoms with Gasteiger partial charge in [0.15, 0.2) is 15.9 Å². The molecule has 148 valence electrons. The second kappa shape index (κ2) is 8.14. The molecule has 0 radical (unpaired) electrons. The van der Waals surface area contributed by atoms with Crippen molar-refractivity contribution in [3.8, 4) is 0 Å². The van der Waals surface area contributed by atoms with Crippen molar-refractivity contribution >= 4 is 27.4 Å². The fourth-order valence-corrected chi connectivity index (χ4v) is 4.40. The lowest BCUT2D eigenvalue weighted by molar-refractivity contribution is -0.153. The van der Waals surface area contributed by atoms with Crippen LogP contribution in [0, 0.1) is 6.92 Å². The Morgan fingerprint density at radius 2 is 1.79 bits per heavy atom. The number of rotatable bonds is 6. The van der Waals surface area contributed by atoms with Crippen molar-refractivity contribution in [3.05, 3.63) is 59.7 Å². The number of hydrogen-bond acceptors (Lipinski definition) is 5. The Hall–Kier alpha value is -2.67. The number of para-hydroxylation sites is 1. The molecule has 1 amide bonds. The molecule has 0 saturated heterocycles. The molecule has 1 heterocycles. The topological polar surface area (TPSA) is 80.7 Å². The van der Waals surface area contributed by atoms with Gasteiger partial charge in [-0.1, -0.05) is 35.9 Å². The molecule has 7 heteroatoms. The van der Waals surface area contributed by atoms with Crippen molar-refractivity contribution in [2.24, 2.45) is 0 Å². The molecule has 0 fully saturated rings. The highest BCUT2D eigenvalue weighted by Gasteiger charge is 2.30. The van der Waals surface area contributed by atoms with Gasteiger partial charge in [0.25, 0.3) is 5.91 Å². The van der Waals surface area contributed by atoms with Crippen LogP contribution >= 0.6 is 0 Å². The van der Waals surface area contributed by atoms with Crippen LogP contribution in [-0.2, 0) is 30.6 Å². The van der Waals surface area contributed by atoms with E-state index in [2.05, 4.69) is 0 Å². The summed E-state index contributed by atoms with van der Waals surface area (Å²) in [5.74, 6) is -1.37. The third-order valence-electron chi connectivity index (χ3n) is 4.76. The summed E-state index contributed by atoms with van der Waals surface area (Å²) < 4.78 is 29.9. The molecular formula is C21H23NO5S. The van der Waals surface area contributed by atoms with Crippen molar-refractivity contribution in [3.63, 3.8) is 0 Å². The van der Waals surface area contributed by atoms with Crippen LogP contribution in [0.1, 0.15) is 24.5 Å². The number of ether oxygens (including phenoxy) is 1. The van der Waals surface area contributed by atoms with Crippen LogP contribution < -0.4 is 4.90 Å². The number of sulfone groups is 1. The van der Waals surface area contributed by atoms with Crippen LogP contribution in [-0.4, -0.2) is 38.7 Å². The summed E-state index contributed by atoms with van der Waals surface area (Å²) >= 11 is 0. The van der Waals surface area contributed by atoms with E-state index in [1.807, 2.05) is 31.2 Å². The number of amides is 1. The minimum absolute atomic E-state index is 0.170. The number of anilines is 1. The minimum Gasteiger partial charge on any atom is -0.452 e. The van der Waals surface area contributed by atoms with E-state index in [4.69, 9.17) is 4.74 Å². The Balaban J connectivity index is 1.56. The average Bonchev–Trinajstić information content (AvgIpc) is 3.10. The second-order valence-corrected chi connectivity index (χ2v) is 8.99. The molecule has 6 nitrogen and oxygen atoms in total. The number of fused-ring (bicyclic) bond motifs is 1. The van der Waals surface area contributed by atoms with Gasteiger partial charge in [0, 0.05) is 12.2 Å². The molecule has 0 spiro atoms. The lowest BCUT2D eigenvalue weighted by Crippen LogP contribution is -2.39. The van der Waals surface area contributed by atoms with Crippen LogP contribution in [0.2, 0.25) is 0 Å². The number of benzene rings is 2. The van der Waals surface area contributed by atoms with Gasteiger partial charge >= 0.3 is 5.97 Å². The van der Waals surface area contributed by atoms with Gasteiger partial charge in [0.05, 0.1) is 17.1 Å². The second-order valence-electron chi connectivity index (χ2n) is 6.88. The van der Waals surface area contributed by atoms with Crippen molar-refractivity contribution in [2.75, 3.05) is 17.2 Å². The molecular weight excluding hydrogens is 378 g/mol. The fourth-order valence-electron chi connectivity index (χ4n) is 3.17. The first kappa shape index (κ1) is 20.1. The zero-order chi connectivity index (χ0) is 20.3. The Morgan fingerprint density at radius 1 is 1.11 bits per heavy atom. The maximum absolute atomic E-state index is 12.6. The Bertz CT molecular complexity index is 982. The summed E-state index contributed by atoms with van der Waals surface area (Å²) in [7, 11) is -3.58. The van der Waals surface area contributed by atoms with E-state index < -0.39 is 21.9 Å². The van der Waals surface area contributed by atoms with Gasteiger partial charge in [0.2, 0.25) is 0 Å². The number of nitrogens with zero attached hydrogens (tertiary/aromatic N) is 1. The molecule has 1 atom stereocenters. The fraction of sp³-hybridized carbons (Fsp3) is 0.333. The minimum atomic E-state index is -3.58. The van der Waals surface area contributed by atoms with E-state index in [-0.39, 0.29) is 23.0 Å². The Labute approximate surface area is 165 Å². The molecule has 3 rings (SSSR count). The van der Waals surface area contributed by atoms with Gasteiger partial charge in [-0.3, -0.25) is 9.59 Å². The first-order valence-corrected chi connectivity index (χ1v) is 10.8. The zero-order valence-electron chi connectivity index (χ0n) is 15.9. The van der Waals surface area contributed by atoms with E-state index in [9.17, 15) is 18.0 Å². The molecule has 0 saturated carbocycles. The molecule has 2 aromatic rings. The van der Waals surface area contributed by atoms with E-state index in [0.29, 0.717) is 6.54 Å². The summed E-state index contributed by atoms with van der Waals surface area (Å²) in [4.78, 5) is 26.5. The summed E-state index contributed by atoms with van der Waals surface area (Å²) in [6.45, 7) is 3.92. The average molecular weight is 401 g/mol. The lowest BCUT2D eigenvalue weighted by Gasteiger charge is -2.21. The molecule has 0 aliphatic carbocycles. The zero-order valence-corrected chi connectivity index (χ0v) is 16.7. The summed E-state index contributed by atoms with van der Waals surface area (Å²) in [5, 5.41) is 0. The first-order chi connectivity index (χ1) is 13.3. The van der Waals surface area contributed by atoms with Crippen LogP contribution in [0.5, 0.6) is 0 Å². The van der Waals surface area contributed by atoms with E-state index in [0.717, 1.165) is 23.2 Å². The molecule has 28 heavy (non-hydrogen) atoms. The molecule has 2 aromatic carbocycles. The van der Waals surface area contributed by atoms with Crippen molar-refractivity contribution in [2.45, 2.75) is 37.7 Å². The molecule has 0 unspecified atom stereocenters. The van der Waals surface area contributed by atoms with E-state index in [1.165, 1.54) is 19.1 Å². The van der Waals surface area contributed by atoms with Crippen LogP contribution in [0.4, 0.5) is 5.69 Å². The SMILES string of the molecule is Cc1ccc(S(=O)(=O)CCC(=O)O[C@@H](C)C(=O)N2CCc3ccccc32)cc1. The highest BCUT2D eigenvalue weighted by Crippen LogP contribution is 2.28. The third-order valence-corrected chi connectivity index (χ3v) is 6.50. The van der Waals surface area contributed by atoms with E-state index >= 15 is 0 Å². The van der Waals surface area contributed by atoms with Gasteiger partial charge in [-0.2, -0.15) is 0 Å². The maximum atomic E-state index is 12.6. The van der Waals surface area contributed by atoms with Gasteiger partial charge < -0.3 is 9.64 Å². The molecule has 1 aliphatic heterocycles. The first-order valence-electron chi connectivity index (χ1n) is 9.16. The van der Waals surface area contributed by atoms with Crippen LogP contribution in [0.3, 0.4) is 0 Å². The summed E-state index contributed by atoms with van der Waals surface area (Å²) in [6, 6.07) is 14.1. The van der Waals surface area contributed by atoms with Gasteiger partial charge in [-0.25, -0.2) is 8.42 Å². The van der Waals surface area contributed by atoms with E-state index in [1.54, 1.807) is 17.0 Å². The Morgan fingerprint density at radius 3 is 2.50 bits per heavy atom. The largest absolute Gasteiger partial charge is 0.452 e. The third kappa shape index (κ3) is 4.42. The standard InChI is InChI=1S/C21H23NO5S/c1-15-7-9-18(10-8-15)28(25,26)14-12-20(23)27-16(2)21(24)22-13-11-17-5-3-4-6-19(17)22/h3-10,16H,11-14H2,1-2H3/t16-/m0/s1. The highest BCUT2D eigenvalue weighted by molar-refractivity contribution is 7.91. The highest BCUT2D eigenvalue weighted by atomic mass is 32.2. The van der Waals surface area contributed by atoms with Gasteiger partial charge in [0.1, 0.15) is 0 Å². The maximum Gasteiger partial charge on any atom is 0.307 e. The number of carbonyl (C=O) groups is 2. The molecule has 0 bridgehead atoms. The Kier molecular flexibility index (Phi) is 5.84. The monoisotopic (exact) mass is 401 g/mol. The molecule has 0 N–H and O–H groups in total. The molecule has 0 aromatic heterocycles. The van der Waals surface area contributed by atoms with Crippen LogP contribution in [0.15, 0.2) is 53.4 Å². The summed E-state index contributed by atoms with van der Waals surface area (Å²) in [5.41, 5.74) is 2.87. The number of esters is 1. The number of hydrogen-bond donors (Lipinski definition) is 0. The lowest BCUT2D eigenvalue weighted by atomic mass is 10.2. The predicted molar refractivity (Wildman–Crippen MR) is 106 cm³/mol. The van der Waals surface area contributed by atoms with Crippen molar-refractivity contribution in [1.82, 2.24) is 0 Å². The molecule has 1 aliphatic rings. The van der Waals surface area contributed by atoms with Gasteiger partial charge in [-0.05, 0) is 44.0 Å². The van der Waals surface area contributed by atoms with Crippen molar-refractivity contribution in [1.29, 1.82) is 0 Å². The predicted octanol–water partition coefficient (Wildman–Crippen LogP) is 2.68. The van der Waals surface area contributed by atoms with Crippen LogP contribution in [0.25, 0.3) is 0 Å². The number of carbonyl (C=O) groups excluding carboxylic acids is 2. The van der Waals surface area contributed by atoms with Gasteiger partial charge in [-0.15, -0.1) is 0 Å². The smallest absolute Gasteiger partial charge is 0.307 e. The quantitative estimate of drug-likeness (QED) is 0.695. The normalized spacial score (nSPS) is 14.4. The van der Waals surface area contributed by atoms with Crippen molar-refractivity contribution < 1.29 is 22.7 Å². The number of aryl methyl sites for hydroxylation is 1. The summed E-state index contributed by atoms with van der Waals surface area (Å²) in [6.07, 6.45) is -0.511.